The van der Waals surface area contributed by atoms with E-state index >= 15 is 0 Å². The lowest BCUT2D eigenvalue weighted by atomic mass is 10.2. The third-order valence-corrected chi connectivity index (χ3v) is 5.82. The number of benzene rings is 3. The molecule has 8 nitrogen and oxygen atoms in total. The highest BCUT2D eigenvalue weighted by Crippen LogP contribution is 2.25. The minimum atomic E-state index is -0.482. The predicted molar refractivity (Wildman–Crippen MR) is 129 cm³/mol. The number of fused-ring (bicyclic) bond motifs is 1. The SMILES string of the molecule is O=c1c2cn(-c3cccc([N+](=O)[O-])c3)nc2nc(-c2ccc(Br)cc2)n1-c1ccc(Cl)cc1. The highest BCUT2D eigenvalue weighted by molar-refractivity contribution is 9.10. The van der Waals surface area contributed by atoms with E-state index in [0.717, 1.165) is 10.0 Å². The van der Waals surface area contributed by atoms with Crippen LogP contribution in [0.4, 0.5) is 5.69 Å². The zero-order chi connectivity index (χ0) is 23.1. The maximum atomic E-state index is 13.6. The van der Waals surface area contributed by atoms with E-state index in [1.165, 1.54) is 27.6 Å². The van der Waals surface area contributed by atoms with Crippen molar-refractivity contribution in [3.05, 3.63) is 109 Å². The Labute approximate surface area is 200 Å². The van der Waals surface area contributed by atoms with Gasteiger partial charge in [0, 0.05) is 33.4 Å². The lowest BCUT2D eigenvalue weighted by Crippen LogP contribution is -2.21. The van der Waals surface area contributed by atoms with E-state index in [4.69, 9.17) is 11.6 Å². The Kier molecular flexibility index (Phi) is 5.27. The van der Waals surface area contributed by atoms with Crippen LogP contribution in [0, 0.1) is 10.1 Å². The molecular weight excluding hydrogens is 510 g/mol. The monoisotopic (exact) mass is 521 g/mol. The van der Waals surface area contributed by atoms with Gasteiger partial charge in [-0.25, -0.2) is 9.67 Å². The van der Waals surface area contributed by atoms with E-state index in [0.29, 0.717) is 22.2 Å². The van der Waals surface area contributed by atoms with Gasteiger partial charge in [-0.1, -0.05) is 45.7 Å². The first-order valence-corrected chi connectivity index (χ1v) is 10.9. The molecule has 0 amide bonds. The normalized spacial score (nSPS) is 11.1. The number of nitrogens with zero attached hydrogens (tertiary/aromatic N) is 5. The van der Waals surface area contributed by atoms with Gasteiger partial charge in [0.15, 0.2) is 5.65 Å². The molecular formula is C23H13BrClN5O3. The first kappa shape index (κ1) is 21.0. The maximum Gasteiger partial charge on any atom is 0.271 e. The van der Waals surface area contributed by atoms with Crippen LogP contribution in [0.3, 0.4) is 0 Å². The number of non-ortho nitro benzene ring substituents is 1. The van der Waals surface area contributed by atoms with Crippen molar-refractivity contribution < 1.29 is 4.92 Å². The smallest absolute Gasteiger partial charge is 0.268 e. The largest absolute Gasteiger partial charge is 0.271 e. The summed E-state index contributed by atoms with van der Waals surface area (Å²) in [5, 5.41) is 16.4. The molecule has 0 saturated carbocycles. The van der Waals surface area contributed by atoms with Gasteiger partial charge in [-0.05, 0) is 42.5 Å². The fraction of sp³-hybridized carbons (Fsp3) is 0. The van der Waals surface area contributed by atoms with Crippen LogP contribution >= 0.6 is 27.5 Å². The lowest BCUT2D eigenvalue weighted by molar-refractivity contribution is -0.384. The quantitative estimate of drug-likeness (QED) is 0.227. The van der Waals surface area contributed by atoms with E-state index in [1.807, 2.05) is 24.3 Å². The number of halogens is 2. The second kappa shape index (κ2) is 8.27. The fourth-order valence-corrected chi connectivity index (χ4v) is 3.86. The van der Waals surface area contributed by atoms with Gasteiger partial charge in [0.25, 0.3) is 11.2 Å². The van der Waals surface area contributed by atoms with Gasteiger partial charge < -0.3 is 0 Å². The topological polar surface area (TPSA) is 95.8 Å². The van der Waals surface area contributed by atoms with E-state index in [1.54, 1.807) is 36.4 Å². The van der Waals surface area contributed by atoms with Crippen LogP contribution in [-0.2, 0) is 0 Å². The van der Waals surface area contributed by atoms with Crippen molar-refractivity contribution in [1.29, 1.82) is 0 Å². The number of aromatic nitrogens is 4. The average Bonchev–Trinajstić information content (AvgIpc) is 3.25. The van der Waals surface area contributed by atoms with Crippen LogP contribution in [0.25, 0.3) is 33.8 Å². The third kappa shape index (κ3) is 3.92. The molecule has 10 heteroatoms. The van der Waals surface area contributed by atoms with Crippen molar-refractivity contribution in [2.75, 3.05) is 0 Å². The Morgan fingerprint density at radius 3 is 2.39 bits per heavy atom. The van der Waals surface area contributed by atoms with E-state index in [-0.39, 0.29) is 22.3 Å². The molecule has 0 radical (unpaired) electrons. The Bertz CT molecular complexity index is 1580. The number of hydrogen-bond acceptors (Lipinski definition) is 5. The van der Waals surface area contributed by atoms with Crippen molar-refractivity contribution in [3.63, 3.8) is 0 Å². The van der Waals surface area contributed by atoms with Crippen molar-refractivity contribution >= 4 is 44.3 Å². The molecule has 3 aromatic carbocycles. The van der Waals surface area contributed by atoms with Gasteiger partial charge in [0.1, 0.15) is 11.2 Å². The van der Waals surface area contributed by atoms with Gasteiger partial charge in [0.2, 0.25) is 0 Å². The third-order valence-electron chi connectivity index (χ3n) is 5.04. The standard InChI is InChI=1S/C23H13BrClN5O3/c24-15-6-4-14(5-7-15)22-26-21-20(23(31)29(22)17-10-8-16(25)9-11-17)13-28(27-21)18-2-1-3-19(12-18)30(32)33/h1-13H. The molecule has 0 aliphatic rings. The average molecular weight is 523 g/mol. The molecule has 0 fully saturated rings. The maximum absolute atomic E-state index is 13.6. The van der Waals surface area contributed by atoms with Crippen LogP contribution in [-0.4, -0.2) is 24.3 Å². The highest BCUT2D eigenvalue weighted by Gasteiger charge is 2.18. The molecule has 5 aromatic rings. The Hall–Kier alpha value is -3.82. The first-order chi connectivity index (χ1) is 15.9. The van der Waals surface area contributed by atoms with Gasteiger partial charge in [-0.2, -0.15) is 0 Å². The van der Waals surface area contributed by atoms with Crippen molar-refractivity contribution in [2.45, 2.75) is 0 Å². The van der Waals surface area contributed by atoms with Crippen LogP contribution in [0.15, 0.2) is 88.3 Å². The van der Waals surface area contributed by atoms with Crippen LogP contribution in [0.1, 0.15) is 0 Å². The summed E-state index contributed by atoms with van der Waals surface area (Å²) < 4.78 is 3.81. The summed E-state index contributed by atoms with van der Waals surface area (Å²) in [5.74, 6) is 0.409. The summed E-state index contributed by atoms with van der Waals surface area (Å²) >= 11 is 9.47. The number of nitro benzene ring substituents is 1. The zero-order valence-corrected chi connectivity index (χ0v) is 19.1. The summed E-state index contributed by atoms with van der Waals surface area (Å²) in [7, 11) is 0. The van der Waals surface area contributed by atoms with Crippen molar-refractivity contribution in [1.82, 2.24) is 19.3 Å². The van der Waals surface area contributed by atoms with E-state index in [9.17, 15) is 14.9 Å². The highest BCUT2D eigenvalue weighted by atomic mass is 79.9. The summed E-state index contributed by atoms with van der Waals surface area (Å²) in [5.41, 5.74) is 1.60. The second-order valence-electron chi connectivity index (χ2n) is 7.15. The molecule has 0 N–H and O–H groups in total. The summed E-state index contributed by atoms with van der Waals surface area (Å²) in [6, 6.07) is 20.3. The minimum absolute atomic E-state index is 0.0749. The van der Waals surface area contributed by atoms with Crippen LogP contribution in [0.2, 0.25) is 5.02 Å². The molecule has 0 bridgehead atoms. The van der Waals surface area contributed by atoms with Crippen LogP contribution in [0.5, 0.6) is 0 Å². The summed E-state index contributed by atoms with van der Waals surface area (Å²) in [6.07, 6.45) is 1.53. The fourth-order valence-electron chi connectivity index (χ4n) is 3.47. The molecule has 0 unspecified atom stereocenters. The number of nitro groups is 1. The molecule has 0 aliphatic heterocycles. The van der Waals surface area contributed by atoms with Crippen molar-refractivity contribution in [3.8, 4) is 22.8 Å². The lowest BCUT2D eigenvalue weighted by Gasteiger charge is -2.12. The number of rotatable bonds is 4. The Balaban J connectivity index is 1.77. The van der Waals surface area contributed by atoms with Crippen molar-refractivity contribution in [2.24, 2.45) is 0 Å². The molecule has 5 rings (SSSR count). The molecule has 0 saturated heterocycles. The van der Waals surface area contributed by atoms with Gasteiger partial charge in [-0.3, -0.25) is 19.5 Å². The predicted octanol–water partition coefficient (Wildman–Crippen LogP) is 5.56. The first-order valence-electron chi connectivity index (χ1n) is 9.70. The molecule has 0 aliphatic carbocycles. The molecule has 2 aromatic heterocycles. The van der Waals surface area contributed by atoms with Gasteiger partial charge in [0.05, 0.1) is 16.3 Å². The van der Waals surface area contributed by atoms with Gasteiger partial charge in [-0.15, -0.1) is 5.10 Å². The summed E-state index contributed by atoms with van der Waals surface area (Å²) in [6.45, 7) is 0. The second-order valence-corrected chi connectivity index (χ2v) is 8.50. The Morgan fingerprint density at radius 2 is 1.70 bits per heavy atom. The molecule has 0 atom stereocenters. The summed E-state index contributed by atoms with van der Waals surface area (Å²) in [4.78, 5) is 29.0. The molecule has 162 valence electrons. The zero-order valence-electron chi connectivity index (χ0n) is 16.7. The molecule has 33 heavy (non-hydrogen) atoms. The number of hydrogen-bond donors (Lipinski definition) is 0. The minimum Gasteiger partial charge on any atom is -0.268 e. The van der Waals surface area contributed by atoms with Gasteiger partial charge >= 0.3 is 0 Å². The van der Waals surface area contributed by atoms with Crippen LogP contribution < -0.4 is 5.56 Å². The van der Waals surface area contributed by atoms with E-state index in [2.05, 4.69) is 26.0 Å². The Morgan fingerprint density at radius 1 is 0.970 bits per heavy atom. The molecule has 2 heterocycles. The molecule has 0 spiro atoms. The van der Waals surface area contributed by atoms with E-state index < -0.39 is 4.92 Å².